The second-order valence-electron chi connectivity index (χ2n) is 6.27. The molecule has 0 saturated heterocycles. The minimum Gasteiger partial charge on any atom is -0.352 e. The van der Waals surface area contributed by atoms with E-state index in [1.54, 1.807) is 24.3 Å². The second kappa shape index (κ2) is 8.77. The van der Waals surface area contributed by atoms with Crippen molar-refractivity contribution < 1.29 is 9.59 Å². The highest BCUT2D eigenvalue weighted by Gasteiger charge is 2.21. The van der Waals surface area contributed by atoms with Crippen LogP contribution in [0.25, 0.3) is 0 Å². The lowest BCUT2D eigenvalue weighted by molar-refractivity contribution is -0.133. The molecule has 0 atom stereocenters. The number of hydrazone groups is 1. The number of carbonyl (C=O) groups excluding carboxylic acids is 2. The zero-order chi connectivity index (χ0) is 19.1. The molecule has 0 spiro atoms. The number of carbonyl (C=O) groups is 2. The number of amides is 2. The second-order valence-corrected chi connectivity index (χ2v) is 6.27. The predicted molar refractivity (Wildman–Crippen MR) is 102 cm³/mol. The summed E-state index contributed by atoms with van der Waals surface area (Å²) in [5.74, 6) is -0.325. The van der Waals surface area contributed by atoms with E-state index in [1.807, 2.05) is 30.3 Å². The number of nitrogens with zero attached hydrogens (tertiary/aromatic N) is 3. The van der Waals surface area contributed by atoms with Gasteiger partial charge in [0.25, 0.3) is 0 Å². The SMILES string of the molecule is N#Cc1ccc(CNC(=O)CCC(=O)N2CCC(c3ccccc3)=N2)cc1. The molecule has 1 aliphatic rings. The van der Waals surface area contributed by atoms with Crippen molar-refractivity contribution in [2.24, 2.45) is 5.10 Å². The van der Waals surface area contributed by atoms with E-state index in [2.05, 4.69) is 16.5 Å². The fourth-order valence-corrected chi connectivity index (χ4v) is 2.81. The van der Waals surface area contributed by atoms with Crippen LogP contribution >= 0.6 is 0 Å². The molecule has 3 rings (SSSR count). The van der Waals surface area contributed by atoms with E-state index in [1.165, 1.54) is 5.01 Å². The Hall–Kier alpha value is -3.46. The Balaban J connectivity index is 1.44. The normalized spacial score (nSPS) is 13.0. The number of hydrogen-bond acceptors (Lipinski definition) is 4. The molecule has 6 nitrogen and oxygen atoms in total. The predicted octanol–water partition coefficient (Wildman–Crippen LogP) is 2.59. The summed E-state index contributed by atoms with van der Waals surface area (Å²) in [4.78, 5) is 24.3. The third-order valence-electron chi connectivity index (χ3n) is 4.34. The average Bonchev–Trinajstić information content (AvgIpc) is 3.22. The fraction of sp³-hybridized carbons (Fsp3) is 0.238. The van der Waals surface area contributed by atoms with Gasteiger partial charge in [-0.25, -0.2) is 5.01 Å². The van der Waals surface area contributed by atoms with Gasteiger partial charge in [-0.15, -0.1) is 0 Å². The van der Waals surface area contributed by atoms with Gasteiger partial charge in [0.15, 0.2) is 0 Å². The van der Waals surface area contributed by atoms with Gasteiger partial charge >= 0.3 is 0 Å². The maximum atomic E-state index is 12.3. The number of benzene rings is 2. The van der Waals surface area contributed by atoms with Crippen LogP contribution < -0.4 is 5.32 Å². The highest BCUT2D eigenvalue weighted by Crippen LogP contribution is 2.15. The first-order valence-corrected chi connectivity index (χ1v) is 8.85. The lowest BCUT2D eigenvalue weighted by Gasteiger charge is -2.11. The number of rotatable bonds is 6. The summed E-state index contributed by atoms with van der Waals surface area (Å²) in [6, 6.07) is 18.9. The molecular formula is C21H20N4O2. The van der Waals surface area contributed by atoms with Crippen LogP contribution in [0.4, 0.5) is 0 Å². The lowest BCUT2D eigenvalue weighted by atomic mass is 10.1. The van der Waals surface area contributed by atoms with E-state index in [0.29, 0.717) is 18.7 Å². The van der Waals surface area contributed by atoms with Crippen LogP contribution in [0.3, 0.4) is 0 Å². The van der Waals surface area contributed by atoms with E-state index in [0.717, 1.165) is 23.3 Å². The van der Waals surface area contributed by atoms with Crippen molar-refractivity contribution >= 4 is 17.5 Å². The smallest absolute Gasteiger partial charge is 0.243 e. The molecule has 0 fully saturated rings. The quantitative estimate of drug-likeness (QED) is 0.859. The van der Waals surface area contributed by atoms with E-state index in [4.69, 9.17) is 5.26 Å². The lowest BCUT2D eigenvalue weighted by Crippen LogP contribution is -2.27. The van der Waals surface area contributed by atoms with E-state index < -0.39 is 0 Å². The molecular weight excluding hydrogens is 340 g/mol. The molecule has 2 aromatic carbocycles. The number of nitriles is 1. The zero-order valence-electron chi connectivity index (χ0n) is 14.9. The Morgan fingerprint density at radius 1 is 1.07 bits per heavy atom. The average molecular weight is 360 g/mol. The van der Waals surface area contributed by atoms with Crippen LogP contribution in [0.2, 0.25) is 0 Å². The van der Waals surface area contributed by atoms with Gasteiger partial charge in [0.2, 0.25) is 11.8 Å². The molecule has 0 aliphatic carbocycles. The molecule has 27 heavy (non-hydrogen) atoms. The van der Waals surface area contributed by atoms with Crippen LogP contribution in [0.1, 0.15) is 36.0 Å². The van der Waals surface area contributed by atoms with E-state index >= 15 is 0 Å². The number of nitrogens with one attached hydrogen (secondary N) is 1. The van der Waals surface area contributed by atoms with Gasteiger partial charge in [0.1, 0.15) is 0 Å². The molecule has 0 radical (unpaired) electrons. The van der Waals surface area contributed by atoms with Crippen LogP contribution in [0.5, 0.6) is 0 Å². The summed E-state index contributed by atoms with van der Waals surface area (Å²) < 4.78 is 0. The fourth-order valence-electron chi connectivity index (χ4n) is 2.81. The highest BCUT2D eigenvalue weighted by atomic mass is 16.2. The first-order chi connectivity index (χ1) is 13.2. The summed E-state index contributed by atoms with van der Waals surface area (Å²) in [6.07, 6.45) is 0.979. The first kappa shape index (κ1) is 18.3. The summed E-state index contributed by atoms with van der Waals surface area (Å²) in [5.41, 5.74) is 3.41. The minimum absolute atomic E-state index is 0.127. The largest absolute Gasteiger partial charge is 0.352 e. The maximum Gasteiger partial charge on any atom is 0.243 e. The molecule has 2 aromatic rings. The zero-order valence-corrected chi connectivity index (χ0v) is 14.9. The van der Waals surface area contributed by atoms with Crippen molar-refractivity contribution in [3.63, 3.8) is 0 Å². The summed E-state index contributed by atoms with van der Waals surface area (Å²) in [5, 5.41) is 17.4. The van der Waals surface area contributed by atoms with Gasteiger partial charge in [-0.05, 0) is 23.3 Å². The maximum absolute atomic E-state index is 12.3. The van der Waals surface area contributed by atoms with Gasteiger partial charge in [0, 0.05) is 25.8 Å². The van der Waals surface area contributed by atoms with Crippen molar-refractivity contribution in [1.82, 2.24) is 10.3 Å². The monoisotopic (exact) mass is 360 g/mol. The molecule has 0 bridgehead atoms. The van der Waals surface area contributed by atoms with Crippen LogP contribution in [-0.2, 0) is 16.1 Å². The summed E-state index contributed by atoms with van der Waals surface area (Å²) in [6.45, 7) is 0.925. The minimum atomic E-state index is -0.181. The van der Waals surface area contributed by atoms with Gasteiger partial charge in [-0.1, -0.05) is 42.5 Å². The first-order valence-electron chi connectivity index (χ1n) is 8.85. The molecule has 136 valence electrons. The molecule has 0 aromatic heterocycles. The molecule has 6 heteroatoms. The summed E-state index contributed by atoms with van der Waals surface area (Å²) in [7, 11) is 0. The third kappa shape index (κ3) is 5.02. The Labute approximate surface area is 158 Å². The molecule has 1 aliphatic heterocycles. The van der Waals surface area contributed by atoms with Gasteiger partial charge in [0.05, 0.1) is 23.9 Å². The van der Waals surface area contributed by atoms with Gasteiger partial charge < -0.3 is 5.32 Å². The molecule has 0 saturated carbocycles. The molecule has 1 heterocycles. The van der Waals surface area contributed by atoms with Crippen LogP contribution in [0.15, 0.2) is 59.7 Å². The Kier molecular flexibility index (Phi) is 5.95. The van der Waals surface area contributed by atoms with Crippen molar-refractivity contribution in [3.8, 4) is 6.07 Å². The van der Waals surface area contributed by atoms with Crippen LogP contribution in [-0.4, -0.2) is 29.1 Å². The van der Waals surface area contributed by atoms with Crippen LogP contribution in [0, 0.1) is 11.3 Å². The van der Waals surface area contributed by atoms with Crippen molar-refractivity contribution in [3.05, 3.63) is 71.3 Å². The van der Waals surface area contributed by atoms with Gasteiger partial charge in [-0.3, -0.25) is 9.59 Å². The highest BCUT2D eigenvalue weighted by molar-refractivity contribution is 6.02. The van der Waals surface area contributed by atoms with Crippen molar-refractivity contribution in [2.45, 2.75) is 25.8 Å². The Morgan fingerprint density at radius 3 is 2.52 bits per heavy atom. The Morgan fingerprint density at radius 2 is 1.81 bits per heavy atom. The third-order valence-corrected chi connectivity index (χ3v) is 4.34. The molecule has 1 N–H and O–H groups in total. The van der Waals surface area contributed by atoms with E-state index in [9.17, 15) is 9.59 Å². The van der Waals surface area contributed by atoms with Crippen molar-refractivity contribution in [2.75, 3.05) is 6.54 Å². The summed E-state index contributed by atoms with van der Waals surface area (Å²) >= 11 is 0. The standard InChI is InChI=1S/C21H20N4O2/c22-14-16-6-8-17(9-7-16)15-23-20(26)10-11-21(27)25-13-12-19(24-25)18-4-2-1-3-5-18/h1-9H,10-13,15H2,(H,23,26). The van der Waals surface area contributed by atoms with E-state index in [-0.39, 0.29) is 24.7 Å². The van der Waals surface area contributed by atoms with Crippen molar-refractivity contribution in [1.29, 1.82) is 5.26 Å². The molecule has 0 unspecified atom stereocenters. The van der Waals surface area contributed by atoms with Gasteiger partial charge in [-0.2, -0.15) is 10.4 Å². The molecule has 2 amide bonds. The Bertz CT molecular complexity index is 883. The topological polar surface area (TPSA) is 85.6 Å². The number of hydrogen-bond donors (Lipinski definition) is 1.